The Morgan fingerprint density at radius 1 is 1.28 bits per heavy atom. The topological polar surface area (TPSA) is 46.3 Å². The SMILES string of the molecule is CC(C)(C)C1=CCN(C(=O)C(N)C(C)(C)C)CC1. The minimum Gasteiger partial charge on any atom is -0.337 e. The van der Waals surface area contributed by atoms with Crippen molar-refractivity contribution in [2.24, 2.45) is 16.6 Å². The van der Waals surface area contributed by atoms with Gasteiger partial charge in [-0.05, 0) is 17.3 Å². The molecule has 18 heavy (non-hydrogen) atoms. The van der Waals surface area contributed by atoms with Gasteiger partial charge >= 0.3 is 0 Å². The van der Waals surface area contributed by atoms with Crippen LogP contribution in [0.4, 0.5) is 0 Å². The summed E-state index contributed by atoms with van der Waals surface area (Å²) in [5.41, 5.74) is 7.51. The molecular weight excluding hydrogens is 224 g/mol. The van der Waals surface area contributed by atoms with Crippen LogP contribution in [0, 0.1) is 10.8 Å². The van der Waals surface area contributed by atoms with Gasteiger partial charge in [0.15, 0.2) is 0 Å². The molecule has 1 amide bonds. The van der Waals surface area contributed by atoms with Crippen LogP contribution in [0.2, 0.25) is 0 Å². The van der Waals surface area contributed by atoms with E-state index in [0.29, 0.717) is 6.54 Å². The van der Waals surface area contributed by atoms with Gasteiger partial charge in [0.05, 0.1) is 6.04 Å². The standard InChI is InChI=1S/C15H28N2O/c1-14(2,3)11-7-9-17(10-8-11)13(18)12(16)15(4,5)6/h7,12H,8-10,16H2,1-6H3. The van der Waals surface area contributed by atoms with Crippen LogP contribution in [-0.4, -0.2) is 29.9 Å². The number of carbonyl (C=O) groups excluding carboxylic acids is 1. The van der Waals surface area contributed by atoms with E-state index in [0.717, 1.165) is 13.0 Å². The van der Waals surface area contributed by atoms with Crippen LogP contribution in [0.5, 0.6) is 0 Å². The van der Waals surface area contributed by atoms with Gasteiger partial charge in [-0.2, -0.15) is 0 Å². The molecule has 2 N–H and O–H groups in total. The van der Waals surface area contributed by atoms with Crippen molar-refractivity contribution in [3.8, 4) is 0 Å². The third-order valence-electron chi connectivity index (χ3n) is 3.68. The lowest BCUT2D eigenvalue weighted by Gasteiger charge is -2.36. The maximum Gasteiger partial charge on any atom is 0.240 e. The van der Waals surface area contributed by atoms with Gasteiger partial charge in [-0.1, -0.05) is 53.2 Å². The van der Waals surface area contributed by atoms with E-state index in [4.69, 9.17) is 5.73 Å². The zero-order valence-corrected chi connectivity index (χ0v) is 12.7. The van der Waals surface area contributed by atoms with Gasteiger partial charge in [0.1, 0.15) is 0 Å². The summed E-state index contributed by atoms with van der Waals surface area (Å²) in [5.74, 6) is 0.0757. The Hall–Kier alpha value is -0.830. The molecule has 1 aliphatic heterocycles. The summed E-state index contributed by atoms with van der Waals surface area (Å²) in [7, 11) is 0. The second-order valence-corrected chi connectivity index (χ2v) is 7.36. The van der Waals surface area contributed by atoms with Crippen molar-refractivity contribution >= 4 is 5.91 Å². The quantitative estimate of drug-likeness (QED) is 0.729. The normalized spacial score (nSPS) is 19.5. The zero-order valence-electron chi connectivity index (χ0n) is 12.7. The van der Waals surface area contributed by atoms with Crippen molar-refractivity contribution in [1.29, 1.82) is 0 Å². The van der Waals surface area contributed by atoms with Crippen molar-refractivity contribution in [2.75, 3.05) is 13.1 Å². The largest absolute Gasteiger partial charge is 0.337 e. The molecule has 0 fully saturated rings. The highest BCUT2D eigenvalue weighted by Crippen LogP contribution is 2.30. The fourth-order valence-corrected chi connectivity index (χ4v) is 2.12. The number of rotatable bonds is 1. The van der Waals surface area contributed by atoms with Crippen molar-refractivity contribution in [3.63, 3.8) is 0 Å². The second kappa shape index (κ2) is 5.04. The smallest absolute Gasteiger partial charge is 0.240 e. The van der Waals surface area contributed by atoms with Gasteiger partial charge in [-0.3, -0.25) is 4.79 Å². The van der Waals surface area contributed by atoms with Crippen molar-refractivity contribution in [1.82, 2.24) is 4.90 Å². The van der Waals surface area contributed by atoms with E-state index in [1.54, 1.807) is 0 Å². The molecule has 0 saturated heterocycles. The van der Waals surface area contributed by atoms with Crippen LogP contribution >= 0.6 is 0 Å². The Balaban J connectivity index is 2.69. The number of hydrogen-bond acceptors (Lipinski definition) is 2. The van der Waals surface area contributed by atoms with Gasteiger partial charge in [-0.15, -0.1) is 0 Å². The average Bonchev–Trinajstić information content (AvgIpc) is 2.25. The van der Waals surface area contributed by atoms with E-state index in [9.17, 15) is 4.79 Å². The maximum absolute atomic E-state index is 12.3. The third-order valence-corrected chi connectivity index (χ3v) is 3.68. The fourth-order valence-electron chi connectivity index (χ4n) is 2.12. The monoisotopic (exact) mass is 252 g/mol. The van der Waals surface area contributed by atoms with Gasteiger partial charge in [0.2, 0.25) is 5.91 Å². The molecule has 0 aliphatic carbocycles. The van der Waals surface area contributed by atoms with Crippen molar-refractivity contribution in [3.05, 3.63) is 11.6 Å². The van der Waals surface area contributed by atoms with Gasteiger partial charge in [0, 0.05) is 13.1 Å². The van der Waals surface area contributed by atoms with E-state index in [-0.39, 0.29) is 16.7 Å². The molecule has 1 heterocycles. The molecule has 0 bridgehead atoms. The van der Waals surface area contributed by atoms with Crippen LogP contribution in [0.15, 0.2) is 11.6 Å². The fraction of sp³-hybridized carbons (Fsp3) is 0.800. The van der Waals surface area contributed by atoms with Crippen LogP contribution in [0.25, 0.3) is 0 Å². The molecule has 3 heteroatoms. The summed E-state index contributed by atoms with van der Waals surface area (Å²) < 4.78 is 0. The Bertz CT molecular complexity index is 344. The molecule has 1 aliphatic rings. The highest BCUT2D eigenvalue weighted by atomic mass is 16.2. The third kappa shape index (κ3) is 3.58. The molecule has 0 aromatic rings. The highest BCUT2D eigenvalue weighted by Gasteiger charge is 2.32. The number of carbonyl (C=O) groups is 1. The summed E-state index contributed by atoms with van der Waals surface area (Å²) in [5, 5.41) is 0. The summed E-state index contributed by atoms with van der Waals surface area (Å²) in [6, 6.07) is -0.415. The first kappa shape index (κ1) is 15.2. The Morgan fingerprint density at radius 3 is 2.17 bits per heavy atom. The molecule has 1 rings (SSSR count). The van der Waals surface area contributed by atoms with E-state index in [1.807, 2.05) is 25.7 Å². The summed E-state index contributed by atoms with van der Waals surface area (Å²) in [6.45, 7) is 14.2. The predicted molar refractivity (Wildman–Crippen MR) is 76.2 cm³/mol. The minimum atomic E-state index is -0.415. The summed E-state index contributed by atoms with van der Waals surface area (Å²) in [4.78, 5) is 14.2. The predicted octanol–water partition coefficient (Wildman–Crippen LogP) is 2.56. The average molecular weight is 252 g/mol. The zero-order chi connectivity index (χ0) is 14.1. The van der Waals surface area contributed by atoms with E-state index in [2.05, 4.69) is 26.8 Å². The highest BCUT2D eigenvalue weighted by molar-refractivity contribution is 5.82. The Labute approximate surface area is 111 Å². The number of amides is 1. The van der Waals surface area contributed by atoms with Crippen LogP contribution in [0.3, 0.4) is 0 Å². The molecule has 0 aromatic carbocycles. The number of hydrogen-bond donors (Lipinski definition) is 1. The molecule has 0 saturated carbocycles. The summed E-state index contributed by atoms with van der Waals surface area (Å²) >= 11 is 0. The van der Waals surface area contributed by atoms with Gasteiger partial charge < -0.3 is 10.6 Å². The maximum atomic E-state index is 12.3. The first-order valence-electron chi connectivity index (χ1n) is 6.77. The van der Waals surface area contributed by atoms with E-state index in [1.165, 1.54) is 5.57 Å². The van der Waals surface area contributed by atoms with E-state index < -0.39 is 6.04 Å². The molecule has 3 nitrogen and oxygen atoms in total. The van der Waals surface area contributed by atoms with Crippen LogP contribution in [-0.2, 0) is 4.79 Å². The Morgan fingerprint density at radius 2 is 1.83 bits per heavy atom. The number of nitrogens with two attached hydrogens (primary N) is 1. The molecule has 104 valence electrons. The first-order valence-corrected chi connectivity index (χ1v) is 6.77. The molecular formula is C15H28N2O. The van der Waals surface area contributed by atoms with Crippen molar-refractivity contribution < 1.29 is 4.79 Å². The first-order chi connectivity index (χ1) is 8.03. The Kier molecular flexibility index (Phi) is 4.26. The molecule has 1 atom stereocenters. The molecule has 0 spiro atoms. The molecule has 1 unspecified atom stereocenters. The van der Waals surface area contributed by atoms with Crippen molar-refractivity contribution in [2.45, 2.75) is 54.0 Å². The van der Waals surface area contributed by atoms with E-state index >= 15 is 0 Å². The molecule has 0 aromatic heterocycles. The lowest BCUT2D eigenvalue weighted by Crippen LogP contribution is -2.51. The van der Waals surface area contributed by atoms with Crippen LogP contribution < -0.4 is 5.73 Å². The number of nitrogens with zero attached hydrogens (tertiary/aromatic N) is 1. The van der Waals surface area contributed by atoms with Gasteiger partial charge in [-0.25, -0.2) is 0 Å². The second-order valence-electron chi connectivity index (χ2n) is 7.36. The van der Waals surface area contributed by atoms with Crippen LogP contribution in [0.1, 0.15) is 48.0 Å². The summed E-state index contributed by atoms with van der Waals surface area (Å²) in [6.07, 6.45) is 3.16. The lowest BCUT2D eigenvalue weighted by molar-refractivity contribution is -0.134. The lowest BCUT2D eigenvalue weighted by atomic mass is 9.82. The van der Waals surface area contributed by atoms with Gasteiger partial charge in [0.25, 0.3) is 0 Å². The minimum absolute atomic E-state index is 0.0757. The molecule has 0 radical (unpaired) electrons.